The molecule has 0 amide bonds. The number of hydrogen-bond donors (Lipinski definition) is 0. The maximum Gasteiger partial charge on any atom is 2.00 e. The van der Waals surface area contributed by atoms with Gasteiger partial charge in [-0.3, -0.25) is 5.57 Å². The van der Waals surface area contributed by atoms with Crippen molar-refractivity contribution in [2.24, 2.45) is 0 Å². The Morgan fingerprint density at radius 1 is 1.45 bits per heavy atom. The van der Waals surface area contributed by atoms with E-state index in [0.717, 1.165) is 0 Å². The van der Waals surface area contributed by atoms with E-state index in [-0.39, 0.29) is 35.5 Å². The first kappa shape index (κ1) is 14.3. The van der Waals surface area contributed by atoms with Crippen molar-refractivity contribution >= 4 is 23.1 Å². The van der Waals surface area contributed by atoms with Crippen LogP contribution >= 0.6 is 0 Å². The fourth-order valence-corrected chi connectivity index (χ4v) is 1.26. The Balaban J connectivity index is 0. The minimum atomic E-state index is 0. The summed E-state index contributed by atoms with van der Waals surface area (Å²) in [4.78, 5) is 0. The molecule has 0 saturated heterocycles. The molecule has 0 heterocycles. The molecule has 0 radical (unpaired) electrons. The SMILES string of the molecule is CCCCC1=[C-]CCC1.[Cl-].[Mg+2]. The predicted octanol–water partition coefficient (Wildman–Crippen LogP) is -0.287. The van der Waals surface area contributed by atoms with E-state index in [4.69, 9.17) is 0 Å². The fourth-order valence-electron chi connectivity index (χ4n) is 1.26. The van der Waals surface area contributed by atoms with Crippen molar-refractivity contribution in [3.8, 4) is 0 Å². The summed E-state index contributed by atoms with van der Waals surface area (Å²) in [7, 11) is 0. The Morgan fingerprint density at radius 3 is 2.64 bits per heavy atom. The molecule has 11 heavy (non-hydrogen) atoms. The Kier molecular flexibility index (Phi) is 11.6. The van der Waals surface area contributed by atoms with Crippen molar-refractivity contribution < 1.29 is 12.4 Å². The third kappa shape index (κ3) is 6.00. The number of unbranched alkanes of at least 4 members (excludes halogenated alkanes) is 1. The van der Waals surface area contributed by atoms with Crippen LogP contribution in [0.5, 0.6) is 0 Å². The van der Waals surface area contributed by atoms with Crippen molar-refractivity contribution in [1.82, 2.24) is 0 Å². The van der Waals surface area contributed by atoms with E-state index in [1.54, 1.807) is 5.57 Å². The predicted molar refractivity (Wildman–Crippen MR) is 45.9 cm³/mol. The topological polar surface area (TPSA) is 0 Å². The minimum Gasteiger partial charge on any atom is -1.00 e. The average Bonchev–Trinajstić information content (AvgIpc) is 2.34. The number of hydrogen-bond acceptors (Lipinski definition) is 0. The van der Waals surface area contributed by atoms with Crippen LogP contribution in [0.4, 0.5) is 0 Å². The first-order chi connectivity index (χ1) is 4.43. The van der Waals surface area contributed by atoms with Crippen LogP contribution in [0.2, 0.25) is 0 Å². The molecular formula is C9H15ClMg. The average molecular weight is 183 g/mol. The molecule has 0 spiro atoms. The van der Waals surface area contributed by atoms with Gasteiger partial charge in [-0.15, -0.1) is 0 Å². The molecule has 0 aromatic rings. The molecule has 1 aliphatic rings. The van der Waals surface area contributed by atoms with Crippen LogP contribution in [-0.4, -0.2) is 23.1 Å². The van der Waals surface area contributed by atoms with Crippen LogP contribution < -0.4 is 12.4 Å². The monoisotopic (exact) mass is 182 g/mol. The van der Waals surface area contributed by atoms with Crippen LogP contribution in [0.1, 0.15) is 45.4 Å². The van der Waals surface area contributed by atoms with Crippen LogP contribution in [-0.2, 0) is 0 Å². The van der Waals surface area contributed by atoms with Crippen molar-refractivity contribution in [2.45, 2.75) is 45.4 Å². The molecule has 0 fully saturated rings. The van der Waals surface area contributed by atoms with Gasteiger partial charge < -0.3 is 18.5 Å². The van der Waals surface area contributed by atoms with Gasteiger partial charge in [0.2, 0.25) is 0 Å². The van der Waals surface area contributed by atoms with Crippen LogP contribution in [0, 0.1) is 6.08 Å². The fraction of sp³-hybridized carbons (Fsp3) is 0.778. The van der Waals surface area contributed by atoms with E-state index in [0.29, 0.717) is 0 Å². The molecule has 0 aliphatic heterocycles. The first-order valence-electron chi connectivity index (χ1n) is 4.02. The Labute approximate surface area is 92.4 Å². The second-order valence-corrected chi connectivity index (χ2v) is 2.74. The van der Waals surface area contributed by atoms with Crippen molar-refractivity contribution in [1.29, 1.82) is 0 Å². The van der Waals surface area contributed by atoms with Gasteiger partial charge >= 0.3 is 23.1 Å². The molecule has 0 unspecified atom stereocenters. The number of rotatable bonds is 3. The molecule has 0 atom stereocenters. The van der Waals surface area contributed by atoms with Gasteiger partial charge in [-0.25, -0.2) is 0 Å². The molecule has 0 nitrogen and oxygen atoms in total. The second-order valence-electron chi connectivity index (χ2n) is 2.74. The van der Waals surface area contributed by atoms with Gasteiger partial charge in [0, 0.05) is 0 Å². The van der Waals surface area contributed by atoms with E-state index in [9.17, 15) is 0 Å². The largest absolute Gasteiger partial charge is 2.00 e. The first-order valence-corrected chi connectivity index (χ1v) is 4.02. The Morgan fingerprint density at radius 2 is 2.18 bits per heavy atom. The van der Waals surface area contributed by atoms with Crippen molar-refractivity contribution in [3.05, 3.63) is 11.6 Å². The summed E-state index contributed by atoms with van der Waals surface area (Å²) in [5.74, 6) is 0. The molecule has 1 aliphatic carbocycles. The summed E-state index contributed by atoms with van der Waals surface area (Å²) in [5.41, 5.74) is 1.59. The van der Waals surface area contributed by atoms with E-state index in [1.807, 2.05) is 0 Å². The molecular weight excluding hydrogens is 168 g/mol. The van der Waals surface area contributed by atoms with E-state index in [1.165, 1.54) is 38.5 Å². The minimum absolute atomic E-state index is 0. The molecule has 0 N–H and O–H groups in total. The van der Waals surface area contributed by atoms with E-state index >= 15 is 0 Å². The molecule has 0 saturated carbocycles. The summed E-state index contributed by atoms with van der Waals surface area (Å²) < 4.78 is 0. The summed E-state index contributed by atoms with van der Waals surface area (Å²) in [6.45, 7) is 2.25. The normalized spacial score (nSPS) is 14.8. The standard InChI is InChI=1S/C9H15.ClH.Mg/c1-2-3-6-9-7-4-5-8-9;;/h2-7H2,1H3;1H;/q-1;;+2/p-1. The summed E-state index contributed by atoms with van der Waals surface area (Å²) in [5, 5.41) is 0. The molecule has 0 bridgehead atoms. The quantitative estimate of drug-likeness (QED) is 0.416. The maximum atomic E-state index is 3.41. The summed E-state index contributed by atoms with van der Waals surface area (Å²) >= 11 is 0. The molecule has 0 aromatic carbocycles. The number of allylic oxidation sites excluding steroid dienone is 2. The molecule has 2 heteroatoms. The van der Waals surface area contributed by atoms with Crippen LogP contribution in [0.3, 0.4) is 0 Å². The maximum absolute atomic E-state index is 3.41. The van der Waals surface area contributed by atoms with Crippen LogP contribution in [0.15, 0.2) is 5.57 Å². The molecule has 60 valence electrons. The third-order valence-corrected chi connectivity index (χ3v) is 1.86. The van der Waals surface area contributed by atoms with Gasteiger partial charge in [0.05, 0.1) is 0 Å². The molecule has 0 aromatic heterocycles. The third-order valence-electron chi connectivity index (χ3n) is 1.86. The zero-order valence-corrected chi connectivity index (χ0v) is 9.50. The Hall–Kier alpha value is 0.796. The van der Waals surface area contributed by atoms with Crippen LogP contribution in [0.25, 0.3) is 0 Å². The smallest absolute Gasteiger partial charge is 1.00 e. The van der Waals surface area contributed by atoms with E-state index < -0.39 is 0 Å². The summed E-state index contributed by atoms with van der Waals surface area (Å²) in [6.07, 6.45) is 11.3. The Bertz CT molecular complexity index is 110. The molecule has 1 rings (SSSR count). The van der Waals surface area contributed by atoms with Gasteiger partial charge in [-0.1, -0.05) is 39.0 Å². The number of halogens is 1. The van der Waals surface area contributed by atoms with Crippen molar-refractivity contribution in [2.75, 3.05) is 0 Å². The van der Waals surface area contributed by atoms with Gasteiger partial charge in [-0.2, -0.15) is 6.42 Å². The van der Waals surface area contributed by atoms with Gasteiger partial charge in [0.1, 0.15) is 0 Å². The van der Waals surface area contributed by atoms with E-state index in [2.05, 4.69) is 13.0 Å². The second kappa shape index (κ2) is 8.89. The summed E-state index contributed by atoms with van der Waals surface area (Å²) in [6, 6.07) is 0. The zero-order chi connectivity index (χ0) is 6.53. The van der Waals surface area contributed by atoms with Crippen molar-refractivity contribution in [3.63, 3.8) is 0 Å². The zero-order valence-electron chi connectivity index (χ0n) is 7.33. The van der Waals surface area contributed by atoms with Gasteiger partial charge in [0.25, 0.3) is 0 Å². The van der Waals surface area contributed by atoms with Gasteiger partial charge in [0.15, 0.2) is 0 Å². The van der Waals surface area contributed by atoms with Gasteiger partial charge in [-0.05, 0) is 0 Å².